The summed E-state index contributed by atoms with van der Waals surface area (Å²) in [5.41, 5.74) is 0. The van der Waals surface area contributed by atoms with Gasteiger partial charge in [-0.3, -0.25) is 4.79 Å². The van der Waals surface area contributed by atoms with Crippen LogP contribution in [0.3, 0.4) is 0 Å². The molecule has 0 saturated heterocycles. The minimum absolute atomic E-state index is 0.0970. The molecular weight excluding hydrogens is 369 g/mol. The van der Waals surface area contributed by atoms with E-state index >= 15 is 0 Å². The lowest BCUT2D eigenvalue weighted by atomic mass is 10.3. The number of nitrogens with one attached hydrogen (secondary N) is 1. The highest BCUT2D eigenvalue weighted by molar-refractivity contribution is 9.10. The number of hydrogen-bond acceptors (Lipinski definition) is 3. The summed E-state index contributed by atoms with van der Waals surface area (Å²) in [4.78, 5) is 12.8. The van der Waals surface area contributed by atoms with Gasteiger partial charge in [0.05, 0.1) is 4.47 Å². The molecule has 0 radical (unpaired) electrons. The minimum Gasteiger partial charge on any atom is -0.483 e. The van der Waals surface area contributed by atoms with Crippen LogP contribution in [0.4, 0.5) is 4.39 Å². The van der Waals surface area contributed by atoms with Gasteiger partial charge in [0, 0.05) is 17.2 Å². The quantitative estimate of drug-likeness (QED) is 0.582. The summed E-state index contributed by atoms with van der Waals surface area (Å²) in [6.45, 7) is 0.465. The molecule has 0 heterocycles. The van der Waals surface area contributed by atoms with E-state index in [1.54, 1.807) is 11.8 Å². The molecule has 0 aliphatic rings. The Hall–Kier alpha value is -1.53. The number of benzene rings is 2. The van der Waals surface area contributed by atoms with Gasteiger partial charge in [-0.15, -0.1) is 11.8 Å². The molecule has 6 heteroatoms. The zero-order valence-corrected chi connectivity index (χ0v) is 14.1. The van der Waals surface area contributed by atoms with E-state index in [1.165, 1.54) is 23.1 Å². The lowest BCUT2D eigenvalue weighted by Gasteiger charge is -2.09. The molecule has 2 aromatic rings. The number of halogens is 2. The Morgan fingerprint density at radius 2 is 2.00 bits per heavy atom. The fraction of sp³-hybridized carbons (Fsp3) is 0.188. The second-order valence-corrected chi connectivity index (χ2v) is 6.40. The van der Waals surface area contributed by atoms with E-state index in [0.717, 1.165) is 5.75 Å². The molecule has 2 aromatic carbocycles. The Balaban J connectivity index is 1.65. The predicted octanol–water partition coefficient (Wildman–Crippen LogP) is 3.88. The van der Waals surface area contributed by atoms with Gasteiger partial charge in [-0.2, -0.15) is 0 Å². The Morgan fingerprint density at radius 3 is 2.73 bits per heavy atom. The number of rotatable bonds is 7. The third-order valence-corrected chi connectivity index (χ3v) is 4.32. The average Bonchev–Trinajstić information content (AvgIpc) is 2.52. The minimum atomic E-state index is -0.360. The summed E-state index contributed by atoms with van der Waals surface area (Å²) >= 11 is 4.86. The van der Waals surface area contributed by atoms with E-state index in [4.69, 9.17) is 4.74 Å². The summed E-state index contributed by atoms with van der Waals surface area (Å²) in [6, 6.07) is 14.1. The monoisotopic (exact) mass is 383 g/mol. The van der Waals surface area contributed by atoms with Gasteiger partial charge >= 0.3 is 0 Å². The zero-order valence-electron chi connectivity index (χ0n) is 11.7. The van der Waals surface area contributed by atoms with Crippen LogP contribution in [0, 0.1) is 5.82 Å². The molecule has 0 saturated carbocycles. The molecule has 0 aliphatic heterocycles. The first-order valence-corrected chi connectivity index (χ1v) is 8.45. The molecule has 1 amide bonds. The Labute approximate surface area is 141 Å². The number of amides is 1. The fourth-order valence-corrected chi connectivity index (χ4v) is 2.92. The number of carbonyl (C=O) groups excluding carboxylic acids is 1. The third-order valence-electron chi connectivity index (χ3n) is 2.69. The molecule has 0 bridgehead atoms. The van der Waals surface area contributed by atoms with E-state index in [-0.39, 0.29) is 18.3 Å². The standard InChI is InChI=1S/C16H15BrFNO2S/c17-14-10-12(18)6-7-15(14)21-11-16(20)19-8-9-22-13-4-2-1-3-5-13/h1-7,10H,8-9,11H2,(H,19,20). The Bertz CT molecular complexity index is 625. The second kappa shape index (κ2) is 8.80. The number of carbonyl (C=O) groups is 1. The second-order valence-electron chi connectivity index (χ2n) is 4.37. The topological polar surface area (TPSA) is 38.3 Å². The van der Waals surface area contributed by atoms with Crippen molar-refractivity contribution in [3.05, 3.63) is 58.8 Å². The van der Waals surface area contributed by atoms with Crippen molar-refractivity contribution in [1.29, 1.82) is 0 Å². The van der Waals surface area contributed by atoms with Gasteiger partial charge in [0.1, 0.15) is 11.6 Å². The van der Waals surface area contributed by atoms with Crippen LogP contribution in [0.15, 0.2) is 57.9 Å². The van der Waals surface area contributed by atoms with Gasteiger partial charge in [0.25, 0.3) is 5.91 Å². The predicted molar refractivity (Wildman–Crippen MR) is 89.8 cm³/mol. The van der Waals surface area contributed by atoms with Crippen molar-refractivity contribution in [3.63, 3.8) is 0 Å². The first kappa shape index (κ1) is 16.8. The average molecular weight is 384 g/mol. The van der Waals surface area contributed by atoms with E-state index in [0.29, 0.717) is 16.8 Å². The Morgan fingerprint density at radius 1 is 1.23 bits per heavy atom. The fourth-order valence-electron chi connectivity index (χ4n) is 1.66. The Kier molecular flexibility index (Phi) is 6.74. The lowest BCUT2D eigenvalue weighted by molar-refractivity contribution is -0.122. The van der Waals surface area contributed by atoms with Crippen LogP contribution in [0.1, 0.15) is 0 Å². The molecule has 1 N–H and O–H groups in total. The van der Waals surface area contributed by atoms with E-state index < -0.39 is 0 Å². The normalized spacial score (nSPS) is 10.3. The highest BCUT2D eigenvalue weighted by atomic mass is 79.9. The summed E-state index contributed by atoms with van der Waals surface area (Å²) in [6.07, 6.45) is 0. The van der Waals surface area contributed by atoms with Crippen LogP contribution < -0.4 is 10.1 Å². The van der Waals surface area contributed by atoms with Crippen LogP contribution in [-0.2, 0) is 4.79 Å². The molecule has 0 unspecified atom stereocenters. The summed E-state index contributed by atoms with van der Waals surface area (Å²) < 4.78 is 18.7. The van der Waals surface area contributed by atoms with Crippen LogP contribution in [0.25, 0.3) is 0 Å². The largest absolute Gasteiger partial charge is 0.483 e. The smallest absolute Gasteiger partial charge is 0.257 e. The molecule has 0 aliphatic carbocycles. The lowest BCUT2D eigenvalue weighted by Crippen LogP contribution is -2.30. The molecule has 0 spiro atoms. The number of hydrogen-bond donors (Lipinski definition) is 1. The highest BCUT2D eigenvalue weighted by Gasteiger charge is 2.06. The zero-order chi connectivity index (χ0) is 15.8. The van der Waals surface area contributed by atoms with Gasteiger partial charge in [-0.05, 0) is 46.3 Å². The van der Waals surface area contributed by atoms with Gasteiger partial charge in [0.2, 0.25) is 0 Å². The van der Waals surface area contributed by atoms with Crippen molar-refractivity contribution >= 4 is 33.6 Å². The summed E-state index contributed by atoms with van der Waals surface area (Å²) in [5, 5.41) is 2.78. The molecule has 116 valence electrons. The van der Waals surface area contributed by atoms with E-state index in [1.807, 2.05) is 30.3 Å². The maximum Gasteiger partial charge on any atom is 0.257 e. The van der Waals surface area contributed by atoms with Gasteiger partial charge in [-0.1, -0.05) is 18.2 Å². The van der Waals surface area contributed by atoms with Crippen molar-refractivity contribution in [2.75, 3.05) is 18.9 Å². The highest BCUT2D eigenvalue weighted by Crippen LogP contribution is 2.25. The molecular formula is C16H15BrFNO2S. The maximum atomic E-state index is 12.9. The summed E-state index contributed by atoms with van der Waals surface area (Å²) in [7, 11) is 0. The molecule has 2 rings (SSSR count). The van der Waals surface area contributed by atoms with Gasteiger partial charge < -0.3 is 10.1 Å². The number of thioether (sulfide) groups is 1. The van der Waals surface area contributed by atoms with Crippen LogP contribution in [0.5, 0.6) is 5.75 Å². The van der Waals surface area contributed by atoms with Crippen molar-refractivity contribution < 1.29 is 13.9 Å². The van der Waals surface area contributed by atoms with Crippen LogP contribution >= 0.6 is 27.7 Å². The summed E-state index contributed by atoms with van der Waals surface area (Å²) in [5.74, 6) is 0.664. The van der Waals surface area contributed by atoms with E-state index in [9.17, 15) is 9.18 Å². The van der Waals surface area contributed by atoms with Crippen LogP contribution in [-0.4, -0.2) is 24.8 Å². The van der Waals surface area contributed by atoms with Crippen molar-refractivity contribution in [2.45, 2.75) is 4.90 Å². The maximum absolute atomic E-state index is 12.9. The van der Waals surface area contributed by atoms with E-state index in [2.05, 4.69) is 21.2 Å². The molecule has 3 nitrogen and oxygen atoms in total. The molecule has 0 fully saturated rings. The molecule has 0 aromatic heterocycles. The van der Waals surface area contributed by atoms with Crippen molar-refractivity contribution in [2.24, 2.45) is 0 Å². The first-order valence-electron chi connectivity index (χ1n) is 6.67. The molecule has 22 heavy (non-hydrogen) atoms. The SMILES string of the molecule is O=C(COc1ccc(F)cc1Br)NCCSc1ccccc1. The van der Waals surface area contributed by atoms with Gasteiger partial charge in [-0.25, -0.2) is 4.39 Å². The van der Waals surface area contributed by atoms with Crippen molar-refractivity contribution in [1.82, 2.24) is 5.32 Å². The van der Waals surface area contributed by atoms with Crippen molar-refractivity contribution in [3.8, 4) is 5.75 Å². The molecule has 0 atom stereocenters. The number of ether oxygens (including phenoxy) is 1. The van der Waals surface area contributed by atoms with Crippen LogP contribution in [0.2, 0.25) is 0 Å². The third kappa shape index (κ3) is 5.69. The van der Waals surface area contributed by atoms with Gasteiger partial charge in [0.15, 0.2) is 6.61 Å². The first-order chi connectivity index (χ1) is 10.6.